The summed E-state index contributed by atoms with van der Waals surface area (Å²) in [5.74, 6) is 0.901. The maximum absolute atomic E-state index is 13.0. The molecule has 4 aromatic carbocycles. The SMILES string of the molecule is CCOc1ccc(C(=O)Nc2ccc(OCc3ccccc3)cc2)cc1CN(C)S(=O)(=O)c1ccccc1. The van der Waals surface area contributed by atoms with Gasteiger partial charge in [0.25, 0.3) is 5.91 Å². The highest BCUT2D eigenvalue weighted by Crippen LogP contribution is 2.25. The Morgan fingerprint density at radius 3 is 2.16 bits per heavy atom. The lowest BCUT2D eigenvalue weighted by Crippen LogP contribution is -2.27. The summed E-state index contributed by atoms with van der Waals surface area (Å²) < 4.78 is 38.8. The molecule has 196 valence electrons. The Hall–Kier alpha value is -4.14. The van der Waals surface area contributed by atoms with Crippen molar-refractivity contribution in [3.8, 4) is 11.5 Å². The van der Waals surface area contributed by atoms with Gasteiger partial charge in [-0.2, -0.15) is 4.31 Å². The lowest BCUT2D eigenvalue weighted by atomic mass is 10.1. The second-order valence-electron chi connectivity index (χ2n) is 8.58. The second kappa shape index (κ2) is 12.4. The molecule has 0 aromatic heterocycles. The van der Waals surface area contributed by atoms with E-state index in [9.17, 15) is 13.2 Å². The number of ether oxygens (including phenoxy) is 2. The van der Waals surface area contributed by atoms with Crippen LogP contribution < -0.4 is 14.8 Å². The first-order valence-electron chi connectivity index (χ1n) is 12.2. The van der Waals surface area contributed by atoms with Gasteiger partial charge in [-0.3, -0.25) is 4.79 Å². The van der Waals surface area contributed by atoms with Gasteiger partial charge in [0, 0.05) is 30.4 Å². The predicted octanol–water partition coefficient (Wildman–Crippen LogP) is 5.74. The van der Waals surface area contributed by atoms with Gasteiger partial charge in [0.1, 0.15) is 18.1 Å². The molecule has 7 nitrogen and oxygen atoms in total. The maximum Gasteiger partial charge on any atom is 0.255 e. The fraction of sp³-hybridized carbons (Fsp3) is 0.167. The fourth-order valence-electron chi connectivity index (χ4n) is 3.82. The number of nitrogens with one attached hydrogen (secondary N) is 1. The van der Waals surface area contributed by atoms with Crippen molar-refractivity contribution in [3.63, 3.8) is 0 Å². The van der Waals surface area contributed by atoms with Crippen LogP contribution in [0.1, 0.15) is 28.4 Å². The molecular weight excluding hydrogens is 500 g/mol. The van der Waals surface area contributed by atoms with E-state index in [-0.39, 0.29) is 17.3 Å². The van der Waals surface area contributed by atoms with E-state index in [0.29, 0.717) is 41.5 Å². The van der Waals surface area contributed by atoms with Crippen LogP contribution in [0.4, 0.5) is 5.69 Å². The molecule has 0 heterocycles. The van der Waals surface area contributed by atoms with Crippen LogP contribution in [0.5, 0.6) is 11.5 Å². The van der Waals surface area contributed by atoms with Gasteiger partial charge in [-0.25, -0.2) is 8.42 Å². The van der Waals surface area contributed by atoms with Crippen molar-refractivity contribution in [3.05, 3.63) is 120 Å². The van der Waals surface area contributed by atoms with E-state index in [1.165, 1.54) is 11.4 Å². The number of rotatable bonds is 11. The van der Waals surface area contributed by atoms with Crippen LogP contribution in [-0.2, 0) is 23.2 Å². The molecule has 0 saturated carbocycles. The van der Waals surface area contributed by atoms with Crippen molar-refractivity contribution in [1.82, 2.24) is 4.31 Å². The van der Waals surface area contributed by atoms with Crippen LogP contribution in [0, 0.1) is 0 Å². The van der Waals surface area contributed by atoms with Crippen LogP contribution in [0.15, 0.2) is 108 Å². The molecule has 0 bridgehead atoms. The summed E-state index contributed by atoms with van der Waals surface area (Å²) >= 11 is 0. The molecule has 0 saturated heterocycles. The van der Waals surface area contributed by atoms with Gasteiger partial charge in [0.15, 0.2) is 0 Å². The third-order valence-electron chi connectivity index (χ3n) is 5.83. The Kier molecular flexibility index (Phi) is 8.78. The summed E-state index contributed by atoms with van der Waals surface area (Å²) in [4.78, 5) is 13.2. The number of nitrogens with zero attached hydrogens (tertiary/aromatic N) is 1. The van der Waals surface area contributed by atoms with E-state index in [1.54, 1.807) is 72.8 Å². The first-order valence-corrected chi connectivity index (χ1v) is 13.7. The minimum atomic E-state index is -3.71. The number of anilines is 1. The molecule has 0 aliphatic rings. The van der Waals surface area contributed by atoms with Crippen molar-refractivity contribution in [2.45, 2.75) is 25.0 Å². The summed E-state index contributed by atoms with van der Waals surface area (Å²) in [6.07, 6.45) is 0. The van der Waals surface area contributed by atoms with Gasteiger partial charge in [0.2, 0.25) is 10.0 Å². The summed E-state index contributed by atoms with van der Waals surface area (Å²) in [6, 6.07) is 30.3. The fourth-order valence-corrected chi connectivity index (χ4v) is 4.99. The standard InChI is InChI=1S/C30H30N2O5S/c1-3-36-29-19-14-24(20-25(29)21-32(2)38(34,35)28-12-8-5-9-13-28)30(33)31-26-15-17-27(18-16-26)37-22-23-10-6-4-7-11-23/h4-20H,3,21-22H2,1-2H3,(H,31,33). The lowest BCUT2D eigenvalue weighted by molar-refractivity contribution is 0.102. The Balaban J connectivity index is 1.45. The highest BCUT2D eigenvalue weighted by Gasteiger charge is 2.22. The van der Waals surface area contributed by atoms with E-state index in [2.05, 4.69) is 5.32 Å². The molecule has 4 aromatic rings. The average Bonchev–Trinajstić information content (AvgIpc) is 2.94. The molecule has 38 heavy (non-hydrogen) atoms. The smallest absolute Gasteiger partial charge is 0.255 e. The quantitative estimate of drug-likeness (QED) is 0.267. The minimum absolute atomic E-state index is 0.0428. The van der Waals surface area contributed by atoms with Crippen molar-refractivity contribution in [2.75, 3.05) is 19.0 Å². The Labute approximate surface area is 223 Å². The Bertz CT molecular complexity index is 1460. The zero-order chi connectivity index (χ0) is 27.0. The van der Waals surface area contributed by atoms with Gasteiger partial charge in [-0.1, -0.05) is 48.5 Å². The molecule has 0 unspecified atom stereocenters. The zero-order valence-electron chi connectivity index (χ0n) is 21.3. The van der Waals surface area contributed by atoms with Crippen molar-refractivity contribution >= 4 is 21.6 Å². The number of benzene rings is 4. The van der Waals surface area contributed by atoms with Crippen LogP contribution >= 0.6 is 0 Å². The van der Waals surface area contributed by atoms with Crippen LogP contribution in [0.3, 0.4) is 0 Å². The predicted molar refractivity (Wildman–Crippen MR) is 148 cm³/mol. The molecule has 0 aliphatic carbocycles. The number of amides is 1. The number of hydrogen-bond acceptors (Lipinski definition) is 5. The maximum atomic E-state index is 13.0. The van der Waals surface area contributed by atoms with Crippen molar-refractivity contribution in [1.29, 1.82) is 0 Å². The van der Waals surface area contributed by atoms with Crippen molar-refractivity contribution in [2.24, 2.45) is 0 Å². The van der Waals surface area contributed by atoms with Crippen LogP contribution in [0.25, 0.3) is 0 Å². The first-order chi connectivity index (χ1) is 18.4. The van der Waals surface area contributed by atoms with Gasteiger partial charge >= 0.3 is 0 Å². The lowest BCUT2D eigenvalue weighted by Gasteiger charge is -2.20. The highest BCUT2D eigenvalue weighted by molar-refractivity contribution is 7.89. The molecule has 1 N–H and O–H groups in total. The third-order valence-corrected chi connectivity index (χ3v) is 7.65. The van der Waals surface area contributed by atoms with E-state index in [4.69, 9.17) is 9.47 Å². The number of sulfonamides is 1. The van der Waals surface area contributed by atoms with Gasteiger partial charge in [-0.05, 0) is 67.1 Å². The Morgan fingerprint density at radius 1 is 0.842 bits per heavy atom. The third kappa shape index (κ3) is 6.79. The largest absolute Gasteiger partial charge is 0.494 e. The Morgan fingerprint density at radius 2 is 1.50 bits per heavy atom. The average molecular weight is 531 g/mol. The minimum Gasteiger partial charge on any atom is -0.494 e. The molecule has 0 atom stereocenters. The summed E-state index contributed by atoms with van der Waals surface area (Å²) in [6.45, 7) is 2.76. The molecule has 0 aliphatic heterocycles. The van der Waals surface area contributed by atoms with Gasteiger partial charge in [0.05, 0.1) is 11.5 Å². The molecule has 4 rings (SSSR count). The molecule has 0 radical (unpaired) electrons. The van der Waals surface area contributed by atoms with E-state index in [1.807, 2.05) is 37.3 Å². The summed E-state index contributed by atoms with van der Waals surface area (Å²) in [5.41, 5.74) is 2.66. The topological polar surface area (TPSA) is 84.9 Å². The molecule has 0 fully saturated rings. The van der Waals surface area contributed by atoms with Crippen LogP contribution in [0.2, 0.25) is 0 Å². The van der Waals surface area contributed by atoms with E-state index >= 15 is 0 Å². The molecule has 1 amide bonds. The normalized spacial score (nSPS) is 11.2. The van der Waals surface area contributed by atoms with E-state index in [0.717, 1.165) is 5.56 Å². The second-order valence-corrected chi connectivity index (χ2v) is 10.6. The first kappa shape index (κ1) is 26.9. The zero-order valence-corrected chi connectivity index (χ0v) is 22.1. The number of carbonyl (C=O) groups excluding carboxylic acids is 1. The van der Waals surface area contributed by atoms with Crippen LogP contribution in [-0.4, -0.2) is 32.3 Å². The summed E-state index contributed by atoms with van der Waals surface area (Å²) in [5, 5.41) is 2.88. The van der Waals surface area contributed by atoms with E-state index < -0.39 is 10.0 Å². The monoisotopic (exact) mass is 530 g/mol. The number of carbonyl (C=O) groups is 1. The summed E-state index contributed by atoms with van der Waals surface area (Å²) in [7, 11) is -2.21. The molecule has 8 heteroatoms. The number of hydrogen-bond donors (Lipinski definition) is 1. The van der Waals surface area contributed by atoms with Gasteiger partial charge in [-0.15, -0.1) is 0 Å². The van der Waals surface area contributed by atoms with Gasteiger partial charge < -0.3 is 14.8 Å². The van der Waals surface area contributed by atoms with Crippen molar-refractivity contribution < 1.29 is 22.7 Å². The highest BCUT2D eigenvalue weighted by atomic mass is 32.2. The molecule has 0 spiro atoms. The molecular formula is C30H30N2O5S.